The van der Waals surface area contributed by atoms with E-state index in [1.807, 2.05) is 19.1 Å². The Labute approximate surface area is 88.5 Å². The van der Waals surface area contributed by atoms with Gasteiger partial charge in [-0.3, -0.25) is 4.98 Å². The van der Waals surface area contributed by atoms with Crippen LogP contribution in [0.5, 0.6) is 0 Å². The SMILES string of the molecule is CNC(C)(C#N)CSc1ccncc1. The van der Waals surface area contributed by atoms with Gasteiger partial charge in [0.1, 0.15) is 5.54 Å². The van der Waals surface area contributed by atoms with Crippen molar-refractivity contribution in [2.75, 3.05) is 12.8 Å². The molecule has 1 unspecified atom stereocenters. The van der Waals surface area contributed by atoms with Crippen LogP contribution in [-0.4, -0.2) is 23.3 Å². The molecule has 0 aliphatic rings. The molecule has 0 aromatic carbocycles. The van der Waals surface area contributed by atoms with E-state index in [0.29, 0.717) is 0 Å². The largest absolute Gasteiger partial charge is 0.302 e. The molecule has 0 fully saturated rings. The van der Waals surface area contributed by atoms with Crippen molar-refractivity contribution >= 4 is 11.8 Å². The Morgan fingerprint density at radius 3 is 2.71 bits per heavy atom. The van der Waals surface area contributed by atoms with E-state index in [9.17, 15) is 0 Å². The molecule has 0 saturated carbocycles. The van der Waals surface area contributed by atoms with Gasteiger partial charge in [-0.25, -0.2) is 0 Å². The first-order chi connectivity index (χ1) is 6.70. The standard InChI is InChI=1S/C10H13N3S/c1-10(7-11,12-2)8-14-9-3-5-13-6-4-9/h3-6,12H,8H2,1-2H3. The van der Waals surface area contributed by atoms with Crippen molar-refractivity contribution in [2.45, 2.75) is 17.4 Å². The number of aromatic nitrogens is 1. The summed E-state index contributed by atoms with van der Waals surface area (Å²) in [5.74, 6) is 0.726. The van der Waals surface area contributed by atoms with Crippen molar-refractivity contribution in [2.24, 2.45) is 0 Å². The molecule has 0 amide bonds. The fraction of sp³-hybridized carbons (Fsp3) is 0.400. The minimum Gasteiger partial charge on any atom is -0.302 e. The average molecular weight is 207 g/mol. The molecule has 0 radical (unpaired) electrons. The van der Waals surface area contributed by atoms with E-state index in [0.717, 1.165) is 10.6 Å². The molecule has 0 saturated heterocycles. The normalized spacial score (nSPS) is 14.4. The average Bonchev–Trinajstić information content (AvgIpc) is 2.27. The molecular formula is C10H13N3S. The summed E-state index contributed by atoms with van der Waals surface area (Å²) in [6.07, 6.45) is 3.51. The van der Waals surface area contributed by atoms with Gasteiger partial charge in [0.05, 0.1) is 6.07 Å². The lowest BCUT2D eigenvalue weighted by atomic mass is 10.1. The topological polar surface area (TPSA) is 48.7 Å². The van der Waals surface area contributed by atoms with Gasteiger partial charge in [0.25, 0.3) is 0 Å². The van der Waals surface area contributed by atoms with E-state index < -0.39 is 5.54 Å². The molecule has 4 heteroatoms. The van der Waals surface area contributed by atoms with Gasteiger partial charge in [-0.2, -0.15) is 5.26 Å². The van der Waals surface area contributed by atoms with Gasteiger partial charge in [0.15, 0.2) is 0 Å². The number of nitrogens with zero attached hydrogens (tertiary/aromatic N) is 2. The summed E-state index contributed by atoms with van der Waals surface area (Å²) in [6, 6.07) is 6.14. The molecule has 1 atom stereocenters. The zero-order chi connectivity index (χ0) is 10.4. The molecule has 0 aliphatic heterocycles. The molecule has 1 aromatic heterocycles. The van der Waals surface area contributed by atoms with Crippen LogP contribution < -0.4 is 5.32 Å². The summed E-state index contributed by atoms with van der Waals surface area (Å²) in [5.41, 5.74) is -0.464. The molecule has 0 spiro atoms. The summed E-state index contributed by atoms with van der Waals surface area (Å²) < 4.78 is 0. The van der Waals surface area contributed by atoms with Crippen molar-refractivity contribution in [1.29, 1.82) is 5.26 Å². The number of nitrogens with one attached hydrogen (secondary N) is 1. The Kier molecular flexibility index (Phi) is 3.93. The van der Waals surface area contributed by atoms with Gasteiger partial charge in [-0.15, -0.1) is 11.8 Å². The number of nitriles is 1. The zero-order valence-corrected chi connectivity index (χ0v) is 9.14. The summed E-state index contributed by atoms with van der Waals surface area (Å²) >= 11 is 1.65. The number of hydrogen-bond acceptors (Lipinski definition) is 4. The van der Waals surface area contributed by atoms with Gasteiger partial charge < -0.3 is 5.32 Å². The highest BCUT2D eigenvalue weighted by Crippen LogP contribution is 2.21. The van der Waals surface area contributed by atoms with Crippen LogP contribution >= 0.6 is 11.8 Å². The van der Waals surface area contributed by atoms with E-state index >= 15 is 0 Å². The molecule has 1 heterocycles. The molecule has 14 heavy (non-hydrogen) atoms. The summed E-state index contributed by atoms with van der Waals surface area (Å²) in [5, 5.41) is 11.9. The van der Waals surface area contributed by atoms with Crippen LogP contribution in [0.3, 0.4) is 0 Å². The number of rotatable bonds is 4. The maximum absolute atomic E-state index is 8.93. The smallest absolute Gasteiger partial charge is 0.113 e. The molecule has 74 valence electrons. The predicted molar refractivity (Wildman–Crippen MR) is 58.0 cm³/mol. The fourth-order valence-electron chi connectivity index (χ4n) is 0.822. The van der Waals surface area contributed by atoms with Crippen LogP contribution in [0.15, 0.2) is 29.4 Å². The van der Waals surface area contributed by atoms with Crippen LogP contribution in [0.2, 0.25) is 0 Å². The van der Waals surface area contributed by atoms with Gasteiger partial charge in [-0.05, 0) is 26.1 Å². The van der Waals surface area contributed by atoms with Crippen molar-refractivity contribution in [1.82, 2.24) is 10.3 Å². The van der Waals surface area contributed by atoms with Crippen LogP contribution in [-0.2, 0) is 0 Å². The van der Waals surface area contributed by atoms with Crippen LogP contribution in [0.25, 0.3) is 0 Å². The van der Waals surface area contributed by atoms with E-state index in [1.165, 1.54) is 0 Å². The second-order valence-corrected chi connectivity index (χ2v) is 4.21. The maximum Gasteiger partial charge on any atom is 0.113 e. The first kappa shape index (κ1) is 11.0. The summed E-state index contributed by atoms with van der Waals surface area (Å²) in [6.45, 7) is 1.89. The molecule has 1 aromatic rings. The van der Waals surface area contributed by atoms with E-state index in [-0.39, 0.29) is 0 Å². The molecular weight excluding hydrogens is 194 g/mol. The van der Waals surface area contributed by atoms with Crippen molar-refractivity contribution in [3.05, 3.63) is 24.5 Å². The van der Waals surface area contributed by atoms with E-state index in [2.05, 4.69) is 16.4 Å². The third kappa shape index (κ3) is 3.02. The van der Waals surface area contributed by atoms with Gasteiger partial charge in [-0.1, -0.05) is 0 Å². The molecule has 1 rings (SSSR count). The van der Waals surface area contributed by atoms with Crippen LogP contribution in [0, 0.1) is 11.3 Å². The lowest BCUT2D eigenvalue weighted by Crippen LogP contribution is -2.40. The molecule has 3 nitrogen and oxygen atoms in total. The second kappa shape index (κ2) is 4.99. The van der Waals surface area contributed by atoms with Crippen LogP contribution in [0.4, 0.5) is 0 Å². The van der Waals surface area contributed by atoms with Crippen molar-refractivity contribution in [3.8, 4) is 6.07 Å². The number of thioether (sulfide) groups is 1. The molecule has 1 N–H and O–H groups in total. The highest BCUT2D eigenvalue weighted by atomic mass is 32.2. The van der Waals surface area contributed by atoms with E-state index in [1.54, 1.807) is 31.2 Å². The summed E-state index contributed by atoms with van der Waals surface area (Å²) in [4.78, 5) is 5.07. The third-order valence-corrected chi connectivity index (χ3v) is 3.30. The maximum atomic E-state index is 8.93. The highest BCUT2D eigenvalue weighted by molar-refractivity contribution is 7.99. The Morgan fingerprint density at radius 1 is 1.57 bits per heavy atom. The van der Waals surface area contributed by atoms with Crippen molar-refractivity contribution in [3.63, 3.8) is 0 Å². The monoisotopic (exact) mass is 207 g/mol. The van der Waals surface area contributed by atoms with E-state index in [4.69, 9.17) is 5.26 Å². The molecule has 0 aliphatic carbocycles. The van der Waals surface area contributed by atoms with Crippen molar-refractivity contribution < 1.29 is 0 Å². The third-order valence-electron chi connectivity index (χ3n) is 1.98. The summed E-state index contributed by atoms with van der Waals surface area (Å²) in [7, 11) is 1.80. The Balaban J connectivity index is 2.53. The number of pyridine rings is 1. The first-order valence-corrected chi connectivity index (χ1v) is 5.32. The Bertz CT molecular complexity index is 320. The van der Waals surface area contributed by atoms with Crippen LogP contribution in [0.1, 0.15) is 6.92 Å². The lowest BCUT2D eigenvalue weighted by molar-refractivity contribution is 0.550. The van der Waals surface area contributed by atoms with Gasteiger partial charge in [0, 0.05) is 23.0 Å². The Morgan fingerprint density at radius 2 is 2.21 bits per heavy atom. The highest BCUT2D eigenvalue weighted by Gasteiger charge is 2.20. The Hall–Kier alpha value is -1.05. The first-order valence-electron chi connectivity index (χ1n) is 4.33. The number of hydrogen-bond donors (Lipinski definition) is 1. The zero-order valence-electron chi connectivity index (χ0n) is 8.32. The van der Waals surface area contributed by atoms with Gasteiger partial charge in [0.2, 0.25) is 0 Å². The molecule has 0 bridgehead atoms. The van der Waals surface area contributed by atoms with Gasteiger partial charge >= 0.3 is 0 Å². The lowest BCUT2D eigenvalue weighted by Gasteiger charge is -2.19. The fourth-order valence-corrected chi connectivity index (χ4v) is 1.80. The quantitative estimate of drug-likeness (QED) is 0.763. The minimum absolute atomic E-state index is 0.464. The second-order valence-electron chi connectivity index (χ2n) is 3.17. The predicted octanol–water partition coefficient (Wildman–Crippen LogP) is 1.68. The minimum atomic E-state index is -0.464.